The van der Waals surface area contributed by atoms with Crippen LogP contribution in [0.4, 0.5) is 5.69 Å². The number of fused-ring (bicyclic) bond motifs is 1. The molecule has 6 heteroatoms. The fourth-order valence-electron chi connectivity index (χ4n) is 2.55. The summed E-state index contributed by atoms with van der Waals surface area (Å²) in [7, 11) is 1.61. The number of ether oxygens (including phenoxy) is 2. The average Bonchev–Trinajstić information content (AvgIpc) is 2.82. The number of halogens is 1. The molecule has 1 aliphatic rings. The van der Waals surface area contributed by atoms with Gasteiger partial charge in [0.15, 0.2) is 0 Å². The van der Waals surface area contributed by atoms with E-state index >= 15 is 0 Å². The molecule has 1 amide bonds. The van der Waals surface area contributed by atoms with Crippen LogP contribution in [-0.4, -0.2) is 43.7 Å². The summed E-state index contributed by atoms with van der Waals surface area (Å²) in [5.41, 5.74) is 1.79. The Morgan fingerprint density at radius 2 is 2.09 bits per heavy atom. The fraction of sp³-hybridized carbons (Fsp3) is 0.562. The van der Waals surface area contributed by atoms with E-state index in [2.05, 4.69) is 10.2 Å². The molecule has 1 aliphatic heterocycles. The van der Waals surface area contributed by atoms with Gasteiger partial charge in [-0.25, -0.2) is 0 Å². The van der Waals surface area contributed by atoms with Crippen molar-refractivity contribution in [2.45, 2.75) is 33.3 Å². The maximum atomic E-state index is 12.1. The molecule has 124 valence electrons. The lowest BCUT2D eigenvalue weighted by atomic mass is 10.1. The molecule has 0 bridgehead atoms. The van der Waals surface area contributed by atoms with Gasteiger partial charge in [0.2, 0.25) is 5.91 Å². The molecule has 1 heterocycles. The van der Waals surface area contributed by atoms with Gasteiger partial charge in [-0.1, -0.05) is 13.8 Å². The fourth-order valence-corrected chi connectivity index (χ4v) is 2.55. The molecule has 0 spiro atoms. The van der Waals surface area contributed by atoms with E-state index in [-0.39, 0.29) is 24.4 Å². The Kier molecular flexibility index (Phi) is 6.97. The van der Waals surface area contributed by atoms with Crippen LogP contribution in [0.2, 0.25) is 0 Å². The molecule has 1 aromatic rings. The maximum Gasteiger partial charge on any atom is 0.238 e. The van der Waals surface area contributed by atoms with Gasteiger partial charge in [0.25, 0.3) is 0 Å². The first-order valence-electron chi connectivity index (χ1n) is 7.47. The first-order chi connectivity index (χ1) is 10.1. The smallest absolute Gasteiger partial charge is 0.238 e. The van der Waals surface area contributed by atoms with Crippen molar-refractivity contribution in [3.63, 3.8) is 0 Å². The van der Waals surface area contributed by atoms with E-state index in [1.54, 1.807) is 7.11 Å². The summed E-state index contributed by atoms with van der Waals surface area (Å²) < 4.78 is 11.1. The SMILES string of the molecule is CCN(CC)CC(=O)Nc1cc2c(cc1OC)CC(C)O2.[Cl-]. The Bertz CT molecular complexity index is 518. The quantitative estimate of drug-likeness (QED) is 0.751. The van der Waals surface area contributed by atoms with E-state index in [0.717, 1.165) is 30.8 Å². The third-order valence-corrected chi connectivity index (χ3v) is 3.75. The number of carbonyl (C=O) groups excluding carboxylic acids is 1. The number of hydrogen-bond acceptors (Lipinski definition) is 4. The van der Waals surface area contributed by atoms with Crippen LogP contribution in [0.25, 0.3) is 0 Å². The zero-order valence-electron chi connectivity index (χ0n) is 13.6. The molecule has 1 atom stereocenters. The Labute approximate surface area is 138 Å². The summed E-state index contributed by atoms with van der Waals surface area (Å²) in [6.45, 7) is 8.21. The van der Waals surface area contributed by atoms with Crippen molar-refractivity contribution in [2.75, 3.05) is 32.1 Å². The number of hydrogen-bond donors (Lipinski definition) is 1. The first kappa shape index (κ1) is 18.6. The van der Waals surface area contributed by atoms with Gasteiger partial charge in [-0.2, -0.15) is 0 Å². The normalized spacial score (nSPS) is 15.8. The third-order valence-electron chi connectivity index (χ3n) is 3.75. The molecular formula is C16H24ClN2O3-. The lowest BCUT2D eigenvalue weighted by Crippen LogP contribution is -3.00. The molecule has 0 fully saturated rings. The van der Waals surface area contributed by atoms with Crippen LogP contribution in [0, 0.1) is 0 Å². The van der Waals surface area contributed by atoms with Crippen LogP contribution in [0.1, 0.15) is 26.3 Å². The highest BCUT2D eigenvalue weighted by atomic mass is 35.5. The van der Waals surface area contributed by atoms with Crippen LogP contribution in [0.5, 0.6) is 11.5 Å². The van der Waals surface area contributed by atoms with Gasteiger partial charge < -0.3 is 27.2 Å². The van der Waals surface area contributed by atoms with Crippen molar-refractivity contribution in [3.8, 4) is 11.5 Å². The monoisotopic (exact) mass is 327 g/mol. The van der Waals surface area contributed by atoms with Crippen molar-refractivity contribution >= 4 is 11.6 Å². The zero-order valence-corrected chi connectivity index (χ0v) is 14.4. The number of benzene rings is 1. The molecule has 0 aromatic heterocycles. The van der Waals surface area contributed by atoms with Crippen LogP contribution in [0.3, 0.4) is 0 Å². The lowest BCUT2D eigenvalue weighted by Gasteiger charge is -2.18. The molecule has 5 nitrogen and oxygen atoms in total. The van der Waals surface area contributed by atoms with E-state index in [1.807, 2.05) is 32.9 Å². The first-order valence-corrected chi connectivity index (χ1v) is 7.47. The molecule has 0 radical (unpaired) electrons. The number of nitrogens with one attached hydrogen (secondary N) is 1. The van der Waals surface area contributed by atoms with Crippen molar-refractivity contribution in [1.82, 2.24) is 4.90 Å². The van der Waals surface area contributed by atoms with E-state index in [0.29, 0.717) is 18.0 Å². The maximum absolute atomic E-state index is 12.1. The van der Waals surface area contributed by atoms with Crippen LogP contribution in [0.15, 0.2) is 12.1 Å². The number of carbonyl (C=O) groups is 1. The predicted molar refractivity (Wildman–Crippen MR) is 83.2 cm³/mol. The van der Waals surface area contributed by atoms with Gasteiger partial charge in [-0.05, 0) is 26.1 Å². The zero-order chi connectivity index (χ0) is 15.4. The van der Waals surface area contributed by atoms with E-state index in [1.165, 1.54) is 0 Å². The highest BCUT2D eigenvalue weighted by Crippen LogP contribution is 2.37. The molecule has 22 heavy (non-hydrogen) atoms. The lowest BCUT2D eigenvalue weighted by molar-refractivity contribution is -0.117. The largest absolute Gasteiger partial charge is 1.00 e. The summed E-state index contributed by atoms with van der Waals surface area (Å²) in [6, 6.07) is 3.81. The minimum absolute atomic E-state index is 0. The minimum atomic E-state index is -0.0389. The highest BCUT2D eigenvalue weighted by molar-refractivity contribution is 5.94. The number of rotatable bonds is 6. The second-order valence-electron chi connectivity index (χ2n) is 5.30. The Hall–Kier alpha value is -1.46. The average molecular weight is 328 g/mol. The molecule has 2 rings (SSSR count). The van der Waals surface area contributed by atoms with Crippen molar-refractivity contribution in [1.29, 1.82) is 0 Å². The number of amides is 1. The number of anilines is 1. The second-order valence-corrected chi connectivity index (χ2v) is 5.30. The number of nitrogens with zero attached hydrogens (tertiary/aromatic N) is 1. The van der Waals surface area contributed by atoms with Crippen LogP contribution < -0.4 is 27.2 Å². The van der Waals surface area contributed by atoms with E-state index < -0.39 is 0 Å². The van der Waals surface area contributed by atoms with Crippen molar-refractivity contribution in [3.05, 3.63) is 17.7 Å². The second kappa shape index (κ2) is 8.25. The Balaban J connectivity index is 0.00000242. The standard InChI is InChI=1S/C16H24N2O3.ClH/c1-5-18(6-2)10-16(19)17-13-9-14-12(7-11(3)21-14)8-15(13)20-4;/h8-9,11H,5-7,10H2,1-4H3,(H,17,19);1H/p-1. The molecule has 0 saturated carbocycles. The topological polar surface area (TPSA) is 50.8 Å². The molecular weight excluding hydrogens is 304 g/mol. The van der Waals surface area contributed by atoms with Crippen molar-refractivity contribution in [2.24, 2.45) is 0 Å². The molecule has 1 unspecified atom stereocenters. The minimum Gasteiger partial charge on any atom is -1.00 e. The predicted octanol–water partition coefficient (Wildman–Crippen LogP) is -0.697. The molecule has 0 saturated heterocycles. The van der Waals surface area contributed by atoms with Crippen molar-refractivity contribution < 1.29 is 26.7 Å². The van der Waals surface area contributed by atoms with Gasteiger partial charge in [0.1, 0.15) is 17.6 Å². The van der Waals surface area contributed by atoms with Gasteiger partial charge in [-0.3, -0.25) is 9.69 Å². The van der Waals surface area contributed by atoms with Gasteiger partial charge in [-0.15, -0.1) is 0 Å². The number of likely N-dealkylation sites (N-methyl/N-ethyl adjacent to an activating group) is 1. The summed E-state index contributed by atoms with van der Waals surface area (Å²) in [5, 5.41) is 2.92. The summed E-state index contributed by atoms with van der Waals surface area (Å²) >= 11 is 0. The number of methoxy groups -OCH3 is 1. The highest BCUT2D eigenvalue weighted by Gasteiger charge is 2.22. The van der Waals surface area contributed by atoms with E-state index in [9.17, 15) is 4.79 Å². The summed E-state index contributed by atoms with van der Waals surface area (Å²) in [5.74, 6) is 1.48. The van der Waals surface area contributed by atoms with Gasteiger partial charge in [0.05, 0.1) is 19.3 Å². The molecule has 1 N–H and O–H groups in total. The summed E-state index contributed by atoms with van der Waals surface area (Å²) in [6.07, 6.45) is 1.05. The van der Waals surface area contributed by atoms with E-state index in [4.69, 9.17) is 9.47 Å². The molecule has 0 aliphatic carbocycles. The summed E-state index contributed by atoms with van der Waals surface area (Å²) in [4.78, 5) is 14.2. The molecule has 1 aromatic carbocycles. The van der Waals surface area contributed by atoms with Crippen LogP contribution in [-0.2, 0) is 11.2 Å². The van der Waals surface area contributed by atoms with Gasteiger partial charge in [0, 0.05) is 18.1 Å². The van der Waals surface area contributed by atoms with Gasteiger partial charge >= 0.3 is 0 Å². The Morgan fingerprint density at radius 3 is 2.68 bits per heavy atom. The third kappa shape index (κ3) is 4.27. The Morgan fingerprint density at radius 1 is 1.41 bits per heavy atom. The van der Waals surface area contributed by atoms with Crippen LogP contribution >= 0.6 is 0 Å².